The van der Waals surface area contributed by atoms with Gasteiger partial charge in [-0.1, -0.05) is 31.2 Å². The van der Waals surface area contributed by atoms with Gasteiger partial charge in [-0.05, 0) is 55.0 Å². The van der Waals surface area contributed by atoms with Crippen molar-refractivity contribution in [2.75, 3.05) is 17.2 Å². The standard InChI is InChI=1S/C24H22N2O5/c1-2-14-31-19-7-5-6-17(15-19)23(28)25-18-12-10-16(11-13-18)22(27)26-21-9-4-3-8-20(21)24(29)30/h3-13,15H,2,14H2,1H3,(H,25,28)(H,26,27)(H,29,30)/p-1. The zero-order chi connectivity index (χ0) is 22.2. The molecule has 158 valence electrons. The van der Waals surface area contributed by atoms with E-state index in [4.69, 9.17) is 4.74 Å². The van der Waals surface area contributed by atoms with Crippen LogP contribution in [0.1, 0.15) is 44.4 Å². The second-order valence-corrected chi connectivity index (χ2v) is 6.69. The molecule has 0 atom stereocenters. The summed E-state index contributed by atoms with van der Waals surface area (Å²) in [4.78, 5) is 36.1. The van der Waals surface area contributed by atoms with E-state index in [-0.39, 0.29) is 17.2 Å². The highest BCUT2D eigenvalue weighted by molar-refractivity contribution is 6.08. The maximum Gasteiger partial charge on any atom is 0.255 e. The van der Waals surface area contributed by atoms with Crippen LogP contribution < -0.4 is 20.5 Å². The summed E-state index contributed by atoms with van der Waals surface area (Å²) in [5, 5.41) is 16.5. The van der Waals surface area contributed by atoms with Gasteiger partial charge in [0.15, 0.2) is 0 Å². The van der Waals surface area contributed by atoms with Crippen LogP contribution in [-0.2, 0) is 0 Å². The summed E-state index contributed by atoms with van der Waals surface area (Å²) in [7, 11) is 0. The van der Waals surface area contributed by atoms with Gasteiger partial charge < -0.3 is 25.3 Å². The van der Waals surface area contributed by atoms with Crippen molar-refractivity contribution in [2.45, 2.75) is 13.3 Å². The van der Waals surface area contributed by atoms with E-state index in [9.17, 15) is 19.5 Å². The van der Waals surface area contributed by atoms with Gasteiger partial charge in [-0.15, -0.1) is 0 Å². The van der Waals surface area contributed by atoms with Crippen molar-refractivity contribution in [1.82, 2.24) is 0 Å². The number of anilines is 2. The molecule has 3 aromatic rings. The Kier molecular flexibility index (Phi) is 7.01. The summed E-state index contributed by atoms with van der Waals surface area (Å²) in [6.45, 7) is 2.57. The Labute approximate surface area is 179 Å². The molecule has 0 saturated carbocycles. The second kappa shape index (κ2) is 10.1. The summed E-state index contributed by atoms with van der Waals surface area (Å²) in [6, 6.07) is 19.1. The molecular weight excluding hydrogens is 396 g/mol. The minimum atomic E-state index is -1.38. The molecule has 0 aliphatic carbocycles. The van der Waals surface area contributed by atoms with Crippen molar-refractivity contribution in [1.29, 1.82) is 0 Å². The SMILES string of the molecule is CCCOc1cccc(C(=O)Nc2ccc(C(=O)Nc3ccccc3C(=O)[O-])cc2)c1. The summed E-state index contributed by atoms with van der Waals surface area (Å²) in [6.07, 6.45) is 0.870. The van der Waals surface area contributed by atoms with E-state index in [0.717, 1.165) is 6.42 Å². The van der Waals surface area contributed by atoms with Crippen molar-refractivity contribution >= 4 is 29.2 Å². The number of carboxylic acids is 1. The first-order chi connectivity index (χ1) is 15.0. The summed E-state index contributed by atoms with van der Waals surface area (Å²) in [5.41, 5.74) is 1.31. The number of benzene rings is 3. The second-order valence-electron chi connectivity index (χ2n) is 6.69. The van der Waals surface area contributed by atoms with Gasteiger partial charge in [0.1, 0.15) is 5.75 Å². The molecule has 0 bridgehead atoms. The monoisotopic (exact) mass is 417 g/mol. The van der Waals surface area contributed by atoms with Gasteiger partial charge in [-0.25, -0.2) is 0 Å². The number of para-hydroxylation sites is 1. The van der Waals surface area contributed by atoms with E-state index in [1.807, 2.05) is 6.92 Å². The Balaban J connectivity index is 1.66. The lowest BCUT2D eigenvalue weighted by Gasteiger charge is -2.12. The third kappa shape index (κ3) is 5.70. The highest BCUT2D eigenvalue weighted by atomic mass is 16.5. The fourth-order valence-corrected chi connectivity index (χ4v) is 2.82. The molecule has 7 heteroatoms. The number of carboxylic acid groups (broad SMARTS) is 1. The number of rotatable bonds is 8. The third-order valence-electron chi connectivity index (χ3n) is 4.37. The highest BCUT2D eigenvalue weighted by Gasteiger charge is 2.11. The van der Waals surface area contributed by atoms with Crippen LogP contribution in [0.15, 0.2) is 72.8 Å². The van der Waals surface area contributed by atoms with Gasteiger partial charge >= 0.3 is 0 Å². The number of nitrogens with one attached hydrogen (secondary N) is 2. The lowest BCUT2D eigenvalue weighted by Crippen LogP contribution is -2.24. The number of hydrogen-bond donors (Lipinski definition) is 2. The van der Waals surface area contributed by atoms with Crippen LogP contribution in [0.5, 0.6) is 5.75 Å². The average Bonchev–Trinajstić information content (AvgIpc) is 2.78. The molecule has 0 aliphatic heterocycles. The average molecular weight is 417 g/mol. The summed E-state index contributed by atoms with van der Waals surface area (Å²) in [5.74, 6) is -1.54. The number of amides is 2. The minimum Gasteiger partial charge on any atom is -0.545 e. The van der Waals surface area contributed by atoms with Crippen molar-refractivity contribution in [3.8, 4) is 5.75 Å². The predicted molar refractivity (Wildman–Crippen MR) is 115 cm³/mol. The molecule has 0 radical (unpaired) electrons. The zero-order valence-electron chi connectivity index (χ0n) is 16.9. The minimum absolute atomic E-state index is 0.107. The quantitative estimate of drug-likeness (QED) is 0.584. The Morgan fingerprint density at radius 1 is 0.839 bits per heavy atom. The molecule has 31 heavy (non-hydrogen) atoms. The van der Waals surface area contributed by atoms with Crippen LogP contribution in [0, 0.1) is 0 Å². The van der Waals surface area contributed by atoms with Crippen molar-refractivity contribution in [3.63, 3.8) is 0 Å². The Bertz CT molecular complexity index is 1090. The van der Waals surface area contributed by atoms with Gasteiger partial charge in [0.25, 0.3) is 11.8 Å². The first kappa shape index (κ1) is 21.6. The summed E-state index contributed by atoms with van der Waals surface area (Å²) >= 11 is 0. The van der Waals surface area contributed by atoms with E-state index >= 15 is 0 Å². The van der Waals surface area contributed by atoms with Crippen LogP contribution in [0.2, 0.25) is 0 Å². The maximum absolute atomic E-state index is 12.5. The van der Waals surface area contributed by atoms with E-state index in [2.05, 4.69) is 10.6 Å². The molecule has 0 spiro atoms. The fraction of sp³-hybridized carbons (Fsp3) is 0.125. The molecule has 0 aliphatic rings. The maximum atomic E-state index is 12.5. The van der Waals surface area contributed by atoms with Crippen LogP contribution >= 0.6 is 0 Å². The Morgan fingerprint density at radius 2 is 1.55 bits per heavy atom. The topological polar surface area (TPSA) is 108 Å². The van der Waals surface area contributed by atoms with Crippen LogP contribution in [-0.4, -0.2) is 24.4 Å². The van der Waals surface area contributed by atoms with E-state index < -0.39 is 11.9 Å². The molecule has 7 nitrogen and oxygen atoms in total. The van der Waals surface area contributed by atoms with Gasteiger partial charge in [0.05, 0.1) is 18.3 Å². The van der Waals surface area contributed by atoms with E-state index in [1.165, 1.54) is 24.3 Å². The molecule has 3 aromatic carbocycles. The van der Waals surface area contributed by atoms with Crippen molar-refractivity contribution in [3.05, 3.63) is 89.5 Å². The van der Waals surface area contributed by atoms with Crippen LogP contribution in [0.25, 0.3) is 0 Å². The van der Waals surface area contributed by atoms with Gasteiger partial charge in [-0.2, -0.15) is 0 Å². The molecule has 3 rings (SSSR count). The molecule has 0 saturated heterocycles. The summed E-state index contributed by atoms with van der Waals surface area (Å²) < 4.78 is 5.55. The van der Waals surface area contributed by atoms with Crippen LogP contribution in [0.4, 0.5) is 11.4 Å². The molecule has 0 unspecified atom stereocenters. The third-order valence-corrected chi connectivity index (χ3v) is 4.37. The fourth-order valence-electron chi connectivity index (χ4n) is 2.82. The molecule has 2 amide bonds. The Hall–Kier alpha value is -4.13. The Morgan fingerprint density at radius 3 is 2.26 bits per heavy atom. The van der Waals surface area contributed by atoms with Gasteiger partial charge in [-0.3, -0.25) is 9.59 Å². The van der Waals surface area contributed by atoms with Crippen LogP contribution in [0.3, 0.4) is 0 Å². The van der Waals surface area contributed by atoms with E-state index in [0.29, 0.717) is 29.2 Å². The molecule has 0 heterocycles. The normalized spacial score (nSPS) is 10.2. The van der Waals surface area contributed by atoms with Gasteiger partial charge in [0, 0.05) is 22.4 Å². The first-order valence-electron chi connectivity index (χ1n) is 9.74. The van der Waals surface area contributed by atoms with Crippen molar-refractivity contribution in [2.24, 2.45) is 0 Å². The number of ether oxygens (including phenoxy) is 1. The van der Waals surface area contributed by atoms with Gasteiger partial charge in [0.2, 0.25) is 0 Å². The number of carbonyl (C=O) groups excluding carboxylic acids is 3. The lowest BCUT2D eigenvalue weighted by molar-refractivity contribution is -0.254. The largest absolute Gasteiger partial charge is 0.545 e. The first-order valence-corrected chi connectivity index (χ1v) is 9.74. The highest BCUT2D eigenvalue weighted by Crippen LogP contribution is 2.18. The number of hydrogen-bond acceptors (Lipinski definition) is 5. The smallest absolute Gasteiger partial charge is 0.255 e. The molecule has 2 N–H and O–H groups in total. The molecule has 0 fully saturated rings. The molecular formula is C24H21N2O5-. The molecule has 0 aromatic heterocycles. The zero-order valence-corrected chi connectivity index (χ0v) is 16.9. The lowest BCUT2D eigenvalue weighted by atomic mass is 10.1. The van der Waals surface area contributed by atoms with Crippen molar-refractivity contribution < 1.29 is 24.2 Å². The number of aromatic carboxylic acids is 1. The van der Waals surface area contributed by atoms with E-state index in [1.54, 1.807) is 48.5 Å². The predicted octanol–water partition coefficient (Wildman–Crippen LogP) is 3.34. The number of carbonyl (C=O) groups is 3.